The predicted molar refractivity (Wildman–Crippen MR) is 140 cm³/mol. The van der Waals surface area contributed by atoms with Crippen LogP contribution >= 0.6 is 0 Å². The number of rotatable bonds is 9. The largest absolute Gasteiger partial charge is 0.511 e. The summed E-state index contributed by atoms with van der Waals surface area (Å²) in [6, 6.07) is 12.7. The first-order valence-electron chi connectivity index (χ1n) is 12.6. The molecule has 230 valence electrons. The molecule has 1 N–H and O–H groups in total. The lowest BCUT2D eigenvalue weighted by molar-refractivity contribution is -0.141. The minimum Gasteiger partial charge on any atom is -0.438 e. The molecule has 0 aliphatic carbocycles. The number of aryl methyl sites for hydroxylation is 1. The Bertz CT molecular complexity index is 1710. The predicted octanol–water partition coefficient (Wildman–Crippen LogP) is 2.69. The Kier molecular flexibility index (Phi) is 7.63. The number of sulfonamides is 1. The average Bonchev–Trinajstić information content (AvgIpc) is 3.48. The second-order valence-electron chi connectivity index (χ2n) is 9.54. The van der Waals surface area contributed by atoms with Crippen LogP contribution in [0.1, 0.15) is 18.2 Å². The Hall–Kier alpha value is -4.87. The van der Waals surface area contributed by atoms with E-state index in [-0.39, 0.29) is 29.4 Å². The smallest absolute Gasteiger partial charge is 0.438 e. The first-order chi connectivity index (χ1) is 20.2. The van der Waals surface area contributed by atoms with Crippen molar-refractivity contribution in [2.75, 3.05) is 25.2 Å². The van der Waals surface area contributed by atoms with Crippen LogP contribution in [-0.2, 0) is 30.5 Å². The number of hydrogen-bond donors (Lipinski definition) is 1. The molecule has 14 nitrogen and oxygen atoms in total. The highest BCUT2D eigenvalue weighted by atomic mass is 32.2. The highest BCUT2D eigenvalue weighted by molar-refractivity contribution is 7.90. The number of nitrogens with one attached hydrogen (secondary N) is 1. The summed E-state index contributed by atoms with van der Waals surface area (Å²) >= 11 is 0. The van der Waals surface area contributed by atoms with Gasteiger partial charge in [-0.3, -0.25) is 9.80 Å². The molecule has 1 atom stereocenters. The van der Waals surface area contributed by atoms with E-state index in [1.54, 1.807) is 24.3 Å². The normalized spacial score (nSPS) is 14.7. The molecule has 1 fully saturated rings. The molecular formula is C25H25F3N6O8S. The van der Waals surface area contributed by atoms with E-state index in [1.807, 2.05) is 11.6 Å². The topological polar surface area (TPSA) is 152 Å². The molecule has 43 heavy (non-hydrogen) atoms. The van der Waals surface area contributed by atoms with Gasteiger partial charge in [-0.1, -0.05) is 29.8 Å². The van der Waals surface area contributed by atoms with Crippen molar-refractivity contribution >= 4 is 22.1 Å². The number of amides is 1. The summed E-state index contributed by atoms with van der Waals surface area (Å²) < 4.78 is 83.4. The van der Waals surface area contributed by atoms with Crippen molar-refractivity contribution in [2.24, 2.45) is 5.92 Å². The van der Waals surface area contributed by atoms with Crippen LogP contribution < -0.4 is 14.6 Å². The Morgan fingerprint density at radius 2 is 1.74 bits per heavy atom. The van der Waals surface area contributed by atoms with Gasteiger partial charge in [-0.05, 0) is 37.3 Å². The number of ether oxygens (including phenoxy) is 2. The van der Waals surface area contributed by atoms with Gasteiger partial charge in [-0.25, -0.2) is 22.6 Å². The van der Waals surface area contributed by atoms with Crippen LogP contribution in [0, 0.1) is 12.8 Å². The summed E-state index contributed by atoms with van der Waals surface area (Å²) in [6.45, 7) is 3.44. The molecule has 1 aliphatic rings. The molecule has 0 radical (unpaired) electrons. The number of carbonyl (C=O) groups is 2. The van der Waals surface area contributed by atoms with E-state index in [9.17, 15) is 31.2 Å². The summed E-state index contributed by atoms with van der Waals surface area (Å²) in [5.41, 5.74) is 0.647. The fraction of sp³-hybridized carbons (Fsp3) is 0.320. The molecule has 0 bridgehead atoms. The third-order valence-electron chi connectivity index (χ3n) is 6.37. The van der Waals surface area contributed by atoms with Gasteiger partial charge >= 0.3 is 12.3 Å². The quantitative estimate of drug-likeness (QED) is 0.217. The number of benzene rings is 2. The summed E-state index contributed by atoms with van der Waals surface area (Å²) in [5.74, 6) is -1.47. The van der Waals surface area contributed by atoms with Gasteiger partial charge in [0.1, 0.15) is 5.02 Å². The highest BCUT2D eigenvalue weighted by Gasteiger charge is 2.40. The lowest BCUT2D eigenvalue weighted by Crippen LogP contribution is -2.58. The minimum atomic E-state index is -4.69. The number of nitrogens with zero attached hydrogens (tertiary/aromatic N) is 5. The molecule has 0 saturated carbocycles. The Morgan fingerprint density at radius 3 is 2.35 bits per heavy atom. The van der Waals surface area contributed by atoms with Crippen LogP contribution in [0.25, 0.3) is 16.9 Å². The highest BCUT2D eigenvalue weighted by Crippen LogP contribution is 2.33. The molecule has 1 saturated heterocycles. The van der Waals surface area contributed by atoms with Crippen LogP contribution in [-0.4, -0.2) is 66.7 Å². The molecule has 5 rings (SSSR count). The summed E-state index contributed by atoms with van der Waals surface area (Å²) in [4.78, 5) is 29.7. The summed E-state index contributed by atoms with van der Waals surface area (Å²) in [5, 5.41) is 6.12. The fourth-order valence-electron chi connectivity index (χ4n) is 4.04. The van der Waals surface area contributed by atoms with E-state index in [4.69, 9.17) is 14.2 Å². The standard InChI is InChI=1S/C25H25F3N6O8S/c1-15-4-6-17(7-5-15)21-12-22(25(26,27)28)29-32(21)19-8-10-20(11-9-19)43(37,38)30-23(35)18-13-31(14-18)33-34(42-33)41-16(2)40-24(36)39-3/h4-12,16,18H,13-14H2,1-3H3,(H,30,35). The Labute approximate surface area is 242 Å². The van der Waals surface area contributed by atoms with Gasteiger partial charge in [0, 0.05) is 17.5 Å². The van der Waals surface area contributed by atoms with Gasteiger partial charge < -0.3 is 14.3 Å². The van der Waals surface area contributed by atoms with E-state index in [2.05, 4.69) is 9.84 Å². The molecule has 1 unspecified atom stereocenters. The van der Waals surface area contributed by atoms with Gasteiger partial charge in [-0.15, -0.1) is 0 Å². The van der Waals surface area contributed by atoms with Crippen LogP contribution in [0.2, 0.25) is 0 Å². The van der Waals surface area contributed by atoms with Gasteiger partial charge in [0.25, 0.3) is 16.3 Å². The van der Waals surface area contributed by atoms with Crippen molar-refractivity contribution in [1.82, 2.24) is 24.5 Å². The summed E-state index contributed by atoms with van der Waals surface area (Å²) in [6.07, 6.45) is -6.69. The second kappa shape index (κ2) is 11.1. The van der Waals surface area contributed by atoms with Crippen LogP contribution in [0.3, 0.4) is 0 Å². The molecular weight excluding hydrogens is 601 g/mol. The number of carbonyl (C=O) groups excluding carboxylic acids is 2. The van der Waals surface area contributed by atoms with E-state index in [1.165, 1.54) is 36.2 Å². The maximum atomic E-state index is 13.5. The molecule has 2 aromatic heterocycles. The van der Waals surface area contributed by atoms with Gasteiger partial charge in [0.05, 0.1) is 42.4 Å². The van der Waals surface area contributed by atoms with Crippen molar-refractivity contribution < 1.29 is 50.1 Å². The molecule has 2 aromatic carbocycles. The Morgan fingerprint density at radius 1 is 1.09 bits per heavy atom. The summed E-state index contributed by atoms with van der Waals surface area (Å²) in [7, 11) is -3.16. The average molecular weight is 627 g/mol. The van der Waals surface area contributed by atoms with Gasteiger partial charge in [0.15, 0.2) is 5.69 Å². The van der Waals surface area contributed by atoms with E-state index < -0.39 is 46.2 Å². The molecule has 4 aromatic rings. The van der Waals surface area contributed by atoms with Crippen LogP contribution in [0.4, 0.5) is 18.0 Å². The maximum absolute atomic E-state index is 13.5. The molecule has 3 heterocycles. The number of aromatic nitrogens is 4. The number of hydrogen-bond acceptors (Lipinski definition) is 10. The zero-order chi connectivity index (χ0) is 31.1. The first-order valence-corrected chi connectivity index (χ1v) is 14.1. The Balaban J connectivity index is 1.22. The van der Waals surface area contributed by atoms with Crippen molar-refractivity contribution in [2.45, 2.75) is 31.2 Å². The third kappa shape index (κ3) is 6.47. The van der Waals surface area contributed by atoms with E-state index >= 15 is 0 Å². The van der Waals surface area contributed by atoms with Crippen molar-refractivity contribution in [3.63, 3.8) is 0 Å². The minimum absolute atomic E-state index is 0.0923. The lowest BCUT2D eigenvalue weighted by Gasteiger charge is -2.34. The first kappa shape index (κ1) is 29.6. The monoisotopic (exact) mass is 626 g/mol. The third-order valence-corrected chi connectivity index (χ3v) is 7.74. The SMILES string of the molecule is COC(=O)OC(C)On1on1N1CC(C(=O)NS(=O)(=O)c2ccc(-n3nc(C(F)(F)F)cc3-c3ccc(C)cc3)cc2)C1. The zero-order valence-electron chi connectivity index (χ0n) is 22.8. The number of methoxy groups -OCH3 is 1. The molecule has 1 aliphatic heterocycles. The van der Waals surface area contributed by atoms with Crippen molar-refractivity contribution in [3.05, 3.63) is 65.9 Å². The molecule has 1 amide bonds. The molecule has 0 spiro atoms. The second-order valence-corrected chi connectivity index (χ2v) is 11.2. The number of halogens is 3. The van der Waals surface area contributed by atoms with E-state index in [0.29, 0.717) is 5.56 Å². The van der Waals surface area contributed by atoms with Gasteiger partial charge in [-0.2, -0.15) is 22.9 Å². The maximum Gasteiger partial charge on any atom is 0.511 e. The van der Waals surface area contributed by atoms with Crippen molar-refractivity contribution in [1.29, 1.82) is 0 Å². The molecule has 18 heteroatoms. The van der Waals surface area contributed by atoms with Crippen LogP contribution in [0.5, 0.6) is 0 Å². The van der Waals surface area contributed by atoms with Gasteiger partial charge in [0.2, 0.25) is 5.91 Å². The van der Waals surface area contributed by atoms with Crippen molar-refractivity contribution in [3.8, 4) is 16.9 Å². The lowest BCUT2D eigenvalue weighted by atomic mass is 10.0. The van der Waals surface area contributed by atoms with Crippen LogP contribution in [0.15, 0.2) is 64.1 Å². The fourth-order valence-corrected chi connectivity index (χ4v) is 5.08. The van der Waals surface area contributed by atoms with E-state index in [0.717, 1.165) is 33.4 Å². The zero-order valence-corrected chi connectivity index (χ0v) is 23.6. The number of alkyl halides is 3.